The monoisotopic (exact) mass is 219 g/mol. The second-order valence-electron chi connectivity index (χ2n) is 4.86. The van der Waals surface area contributed by atoms with E-state index < -0.39 is 0 Å². The molecule has 0 spiro atoms. The summed E-state index contributed by atoms with van der Waals surface area (Å²) in [5.74, 6) is 0. The van der Waals surface area contributed by atoms with E-state index in [-0.39, 0.29) is 11.6 Å². The Morgan fingerprint density at radius 1 is 1.19 bits per heavy atom. The third-order valence-corrected chi connectivity index (χ3v) is 3.80. The first-order valence-electron chi connectivity index (χ1n) is 6.08. The van der Waals surface area contributed by atoms with Crippen molar-refractivity contribution < 1.29 is 4.74 Å². The SMILES string of the molecule is COC(C)c1ccc(C2(N)CCCC2)cc1. The largest absolute Gasteiger partial charge is 0.377 e. The van der Waals surface area contributed by atoms with Crippen LogP contribution in [0.1, 0.15) is 49.8 Å². The van der Waals surface area contributed by atoms with E-state index in [1.807, 2.05) is 0 Å². The molecule has 2 rings (SSSR count). The minimum absolute atomic E-state index is 0.0746. The van der Waals surface area contributed by atoms with E-state index in [0.717, 1.165) is 12.8 Å². The van der Waals surface area contributed by atoms with Crippen molar-refractivity contribution in [3.8, 4) is 0 Å². The summed E-state index contributed by atoms with van der Waals surface area (Å²) in [6.07, 6.45) is 4.91. The molecular formula is C14H21NO. The summed E-state index contributed by atoms with van der Waals surface area (Å²) >= 11 is 0. The lowest BCUT2D eigenvalue weighted by atomic mass is 9.88. The maximum Gasteiger partial charge on any atom is 0.0793 e. The predicted molar refractivity (Wildman–Crippen MR) is 66.2 cm³/mol. The third-order valence-electron chi connectivity index (χ3n) is 3.80. The first kappa shape index (κ1) is 11.6. The lowest BCUT2D eigenvalue weighted by Gasteiger charge is -2.24. The van der Waals surface area contributed by atoms with E-state index in [1.165, 1.54) is 24.0 Å². The summed E-state index contributed by atoms with van der Waals surface area (Å²) in [4.78, 5) is 0. The van der Waals surface area contributed by atoms with Gasteiger partial charge in [-0.3, -0.25) is 0 Å². The molecule has 2 heteroatoms. The van der Waals surface area contributed by atoms with Gasteiger partial charge >= 0.3 is 0 Å². The summed E-state index contributed by atoms with van der Waals surface area (Å²) in [7, 11) is 1.74. The van der Waals surface area contributed by atoms with Crippen LogP contribution in [-0.2, 0) is 10.3 Å². The zero-order chi connectivity index (χ0) is 11.6. The highest BCUT2D eigenvalue weighted by atomic mass is 16.5. The maximum atomic E-state index is 6.41. The predicted octanol–water partition coefficient (Wildman–Crippen LogP) is 3.12. The van der Waals surface area contributed by atoms with Gasteiger partial charge in [0.25, 0.3) is 0 Å². The van der Waals surface area contributed by atoms with Gasteiger partial charge in [0.2, 0.25) is 0 Å². The molecule has 0 aromatic heterocycles. The van der Waals surface area contributed by atoms with Crippen LogP contribution in [0.25, 0.3) is 0 Å². The highest BCUT2D eigenvalue weighted by Crippen LogP contribution is 2.36. The molecule has 1 atom stereocenters. The van der Waals surface area contributed by atoms with Crippen molar-refractivity contribution >= 4 is 0 Å². The van der Waals surface area contributed by atoms with Crippen LogP contribution in [0.15, 0.2) is 24.3 Å². The van der Waals surface area contributed by atoms with Gasteiger partial charge in [-0.2, -0.15) is 0 Å². The first-order chi connectivity index (χ1) is 7.65. The van der Waals surface area contributed by atoms with E-state index in [9.17, 15) is 0 Å². The molecule has 0 saturated heterocycles. The molecule has 1 aliphatic rings. The van der Waals surface area contributed by atoms with Gasteiger partial charge in [0.15, 0.2) is 0 Å². The summed E-state index contributed by atoms with van der Waals surface area (Å²) in [6.45, 7) is 2.06. The highest BCUT2D eigenvalue weighted by Gasteiger charge is 2.30. The number of hydrogen-bond acceptors (Lipinski definition) is 2. The van der Waals surface area contributed by atoms with Crippen molar-refractivity contribution in [2.75, 3.05) is 7.11 Å². The Morgan fingerprint density at radius 3 is 2.25 bits per heavy atom. The fourth-order valence-corrected chi connectivity index (χ4v) is 2.52. The Balaban J connectivity index is 2.18. The van der Waals surface area contributed by atoms with Gasteiger partial charge in [-0.05, 0) is 30.9 Å². The summed E-state index contributed by atoms with van der Waals surface area (Å²) < 4.78 is 5.30. The normalized spacial score (nSPS) is 20.9. The Bertz CT molecular complexity index is 338. The van der Waals surface area contributed by atoms with Crippen LogP contribution >= 0.6 is 0 Å². The van der Waals surface area contributed by atoms with Gasteiger partial charge in [0, 0.05) is 12.6 Å². The molecule has 16 heavy (non-hydrogen) atoms. The van der Waals surface area contributed by atoms with Crippen LogP contribution in [0, 0.1) is 0 Å². The molecule has 1 saturated carbocycles. The molecule has 2 N–H and O–H groups in total. The molecule has 0 aliphatic heterocycles. The van der Waals surface area contributed by atoms with E-state index in [2.05, 4.69) is 31.2 Å². The van der Waals surface area contributed by atoms with Crippen molar-refractivity contribution in [2.24, 2.45) is 5.73 Å². The minimum atomic E-state index is -0.0746. The number of hydrogen-bond donors (Lipinski definition) is 1. The summed E-state index contributed by atoms with van der Waals surface area (Å²) in [5.41, 5.74) is 8.82. The van der Waals surface area contributed by atoms with Crippen LogP contribution in [0.2, 0.25) is 0 Å². The van der Waals surface area contributed by atoms with E-state index in [1.54, 1.807) is 7.11 Å². The average Bonchev–Trinajstić information content (AvgIpc) is 2.77. The second-order valence-corrected chi connectivity index (χ2v) is 4.86. The van der Waals surface area contributed by atoms with Gasteiger partial charge in [-0.25, -0.2) is 0 Å². The lowest BCUT2D eigenvalue weighted by Crippen LogP contribution is -2.32. The number of methoxy groups -OCH3 is 1. The Labute approximate surface area is 97.8 Å². The molecule has 0 heterocycles. The van der Waals surface area contributed by atoms with Gasteiger partial charge < -0.3 is 10.5 Å². The molecule has 88 valence electrons. The second kappa shape index (κ2) is 4.56. The van der Waals surface area contributed by atoms with Crippen molar-refractivity contribution in [2.45, 2.75) is 44.2 Å². The number of nitrogens with two attached hydrogens (primary N) is 1. The smallest absolute Gasteiger partial charge is 0.0793 e. The fourth-order valence-electron chi connectivity index (χ4n) is 2.52. The lowest BCUT2D eigenvalue weighted by molar-refractivity contribution is 0.119. The van der Waals surface area contributed by atoms with E-state index >= 15 is 0 Å². The third kappa shape index (κ3) is 2.13. The molecular weight excluding hydrogens is 198 g/mol. The zero-order valence-electron chi connectivity index (χ0n) is 10.2. The van der Waals surface area contributed by atoms with Crippen molar-refractivity contribution in [1.82, 2.24) is 0 Å². The Hall–Kier alpha value is -0.860. The zero-order valence-corrected chi connectivity index (χ0v) is 10.2. The van der Waals surface area contributed by atoms with Gasteiger partial charge in [-0.15, -0.1) is 0 Å². The quantitative estimate of drug-likeness (QED) is 0.847. The molecule has 1 unspecified atom stereocenters. The Morgan fingerprint density at radius 2 is 1.75 bits per heavy atom. The van der Waals surface area contributed by atoms with E-state index in [4.69, 9.17) is 10.5 Å². The van der Waals surface area contributed by atoms with E-state index in [0.29, 0.717) is 0 Å². The number of ether oxygens (including phenoxy) is 1. The minimum Gasteiger partial charge on any atom is -0.377 e. The van der Waals surface area contributed by atoms with Crippen molar-refractivity contribution in [3.05, 3.63) is 35.4 Å². The van der Waals surface area contributed by atoms with Crippen LogP contribution < -0.4 is 5.73 Å². The van der Waals surface area contributed by atoms with Crippen LogP contribution in [0.5, 0.6) is 0 Å². The summed E-state index contributed by atoms with van der Waals surface area (Å²) in [6, 6.07) is 8.60. The van der Waals surface area contributed by atoms with Gasteiger partial charge in [0.1, 0.15) is 0 Å². The average molecular weight is 219 g/mol. The molecule has 0 radical (unpaired) electrons. The molecule has 1 fully saturated rings. The van der Waals surface area contributed by atoms with Crippen molar-refractivity contribution in [3.63, 3.8) is 0 Å². The fraction of sp³-hybridized carbons (Fsp3) is 0.571. The van der Waals surface area contributed by atoms with Gasteiger partial charge in [-0.1, -0.05) is 37.1 Å². The molecule has 0 amide bonds. The Kier molecular flexibility index (Phi) is 3.31. The van der Waals surface area contributed by atoms with Crippen LogP contribution in [0.4, 0.5) is 0 Å². The summed E-state index contributed by atoms with van der Waals surface area (Å²) in [5, 5.41) is 0. The van der Waals surface area contributed by atoms with Crippen molar-refractivity contribution in [1.29, 1.82) is 0 Å². The molecule has 1 aromatic carbocycles. The standard InChI is InChI=1S/C14H21NO/c1-11(16-2)12-5-7-13(8-6-12)14(15)9-3-4-10-14/h5-8,11H,3-4,9-10,15H2,1-2H3. The topological polar surface area (TPSA) is 35.2 Å². The number of benzene rings is 1. The molecule has 1 aromatic rings. The molecule has 1 aliphatic carbocycles. The number of rotatable bonds is 3. The first-order valence-corrected chi connectivity index (χ1v) is 6.08. The van der Waals surface area contributed by atoms with Gasteiger partial charge in [0.05, 0.1) is 6.10 Å². The molecule has 2 nitrogen and oxygen atoms in total. The molecule has 0 bridgehead atoms. The highest BCUT2D eigenvalue weighted by molar-refractivity contribution is 5.30. The van der Waals surface area contributed by atoms with Crippen LogP contribution in [-0.4, -0.2) is 7.11 Å². The maximum absolute atomic E-state index is 6.41. The van der Waals surface area contributed by atoms with Crippen LogP contribution in [0.3, 0.4) is 0 Å².